The first-order valence-corrected chi connectivity index (χ1v) is 7.21. The van der Waals surface area contributed by atoms with Gasteiger partial charge in [0, 0.05) is 49.7 Å². The summed E-state index contributed by atoms with van der Waals surface area (Å²) in [5.74, 6) is -2.43. The summed E-state index contributed by atoms with van der Waals surface area (Å²) in [6.45, 7) is 1.39. The number of amides is 1. The highest BCUT2D eigenvalue weighted by Gasteiger charge is 2.40. The molecule has 1 amide bonds. The molecule has 20 heavy (non-hydrogen) atoms. The molecule has 110 valence electrons. The van der Waals surface area contributed by atoms with Gasteiger partial charge >= 0.3 is 0 Å². The predicted molar refractivity (Wildman–Crippen MR) is 69.4 cm³/mol. The molecule has 0 aromatic carbocycles. The summed E-state index contributed by atoms with van der Waals surface area (Å²) >= 11 is 0. The predicted octanol–water partition coefficient (Wildman–Crippen LogP) is 2.55. The van der Waals surface area contributed by atoms with Gasteiger partial charge in [-0.2, -0.15) is 5.10 Å². The van der Waals surface area contributed by atoms with E-state index < -0.39 is 5.92 Å². The van der Waals surface area contributed by atoms with Gasteiger partial charge in [-0.1, -0.05) is 0 Å². The van der Waals surface area contributed by atoms with Crippen LogP contribution in [0.15, 0.2) is 12.3 Å². The van der Waals surface area contributed by atoms with Gasteiger partial charge in [0.15, 0.2) is 0 Å². The molecule has 1 atom stereocenters. The highest BCUT2D eigenvalue weighted by atomic mass is 19.3. The van der Waals surface area contributed by atoms with Crippen LogP contribution >= 0.6 is 0 Å². The highest BCUT2D eigenvalue weighted by molar-refractivity contribution is 5.79. The van der Waals surface area contributed by atoms with Gasteiger partial charge in [0.2, 0.25) is 11.8 Å². The summed E-state index contributed by atoms with van der Waals surface area (Å²) in [6, 6.07) is 1.93. The van der Waals surface area contributed by atoms with Crippen LogP contribution < -0.4 is 0 Å². The van der Waals surface area contributed by atoms with Crippen LogP contribution in [0.1, 0.15) is 43.7 Å². The number of halogens is 2. The monoisotopic (exact) mass is 283 g/mol. The molecule has 0 unspecified atom stereocenters. The number of alkyl halides is 2. The molecule has 1 N–H and O–H groups in total. The summed E-state index contributed by atoms with van der Waals surface area (Å²) in [4.78, 5) is 14.2. The van der Waals surface area contributed by atoms with Crippen molar-refractivity contribution in [1.82, 2.24) is 15.1 Å². The number of aromatic amines is 1. The van der Waals surface area contributed by atoms with Crippen LogP contribution in [0.5, 0.6) is 0 Å². The molecule has 1 aromatic rings. The Morgan fingerprint density at radius 1 is 1.35 bits per heavy atom. The van der Waals surface area contributed by atoms with E-state index in [0.29, 0.717) is 25.3 Å². The lowest BCUT2D eigenvalue weighted by atomic mass is 9.86. The van der Waals surface area contributed by atoms with E-state index in [-0.39, 0.29) is 24.7 Å². The molecule has 1 saturated heterocycles. The Morgan fingerprint density at radius 2 is 2.10 bits per heavy atom. The molecule has 1 aromatic heterocycles. The Kier molecular flexibility index (Phi) is 3.48. The third-order valence-corrected chi connectivity index (χ3v) is 4.53. The number of hydrogen-bond donors (Lipinski definition) is 1. The topological polar surface area (TPSA) is 49.0 Å². The zero-order chi connectivity index (χ0) is 14.2. The van der Waals surface area contributed by atoms with Crippen molar-refractivity contribution in [2.45, 2.75) is 43.9 Å². The summed E-state index contributed by atoms with van der Waals surface area (Å²) < 4.78 is 26.3. The standard InChI is InChI=1S/C14H19F2N3O/c15-14(16)5-1-10(2-6-14)13(20)19-8-4-11(9-19)12-3-7-17-18-12/h3,7,10-11H,1-2,4-6,8-9H2,(H,17,18)/t11-/m1/s1. The Morgan fingerprint density at radius 3 is 2.75 bits per heavy atom. The van der Waals surface area contributed by atoms with Crippen LogP contribution in [0, 0.1) is 5.92 Å². The van der Waals surface area contributed by atoms with Crippen LogP contribution in [0.4, 0.5) is 8.78 Å². The van der Waals surface area contributed by atoms with Crippen LogP contribution in [0.25, 0.3) is 0 Å². The molecule has 0 bridgehead atoms. The lowest BCUT2D eigenvalue weighted by molar-refractivity contribution is -0.138. The number of likely N-dealkylation sites (tertiary alicyclic amines) is 1. The summed E-state index contributed by atoms with van der Waals surface area (Å²) in [5.41, 5.74) is 1.05. The Labute approximate surface area is 116 Å². The maximum absolute atomic E-state index is 13.1. The molecule has 1 aliphatic heterocycles. The van der Waals surface area contributed by atoms with Gasteiger partial charge in [0.25, 0.3) is 0 Å². The maximum Gasteiger partial charge on any atom is 0.248 e. The molecule has 4 nitrogen and oxygen atoms in total. The van der Waals surface area contributed by atoms with E-state index in [2.05, 4.69) is 10.2 Å². The average Bonchev–Trinajstić information content (AvgIpc) is 3.09. The van der Waals surface area contributed by atoms with Crippen molar-refractivity contribution in [2.24, 2.45) is 5.92 Å². The Balaban J connectivity index is 1.57. The van der Waals surface area contributed by atoms with E-state index in [0.717, 1.165) is 18.7 Å². The summed E-state index contributed by atoms with van der Waals surface area (Å²) in [7, 11) is 0. The van der Waals surface area contributed by atoms with Crippen LogP contribution in [0.2, 0.25) is 0 Å². The first-order chi connectivity index (χ1) is 9.55. The minimum atomic E-state index is -2.57. The highest BCUT2D eigenvalue weighted by Crippen LogP contribution is 2.37. The molecule has 3 rings (SSSR count). The second-order valence-corrected chi connectivity index (χ2v) is 5.91. The fraction of sp³-hybridized carbons (Fsp3) is 0.714. The molecular formula is C14H19F2N3O. The molecule has 2 aliphatic rings. The number of carbonyl (C=O) groups is 1. The molecule has 2 heterocycles. The van der Waals surface area contributed by atoms with Crippen molar-refractivity contribution in [3.8, 4) is 0 Å². The van der Waals surface area contributed by atoms with Crippen LogP contribution in [-0.2, 0) is 4.79 Å². The maximum atomic E-state index is 13.1. The van der Waals surface area contributed by atoms with Crippen LogP contribution in [-0.4, -0.2) is 40.0 Å². The molecule has 0 radical (unpaired) electrons. The molecular weight excluding hydrogens is 264 g/mol. The lowest BCUT2D eigenvalue weighted by Crippen LogP contribution is -2.38. The fourth-order valence-corrected chi connectivity index (χ4v) is 3.25. The largest absolute Gasteiger partial charge is 0.342 e. The second-order valence-electron chi connectivity index (χ2n) is 5.91. The number of hydrogen-bond acceptors (Lipinski definition) is 2. The number of nitrogens with one attached hydrogen (secondary N) is 1. The zero-order valence-corrected chi connectivity index (χ0v) is 11.3. The normalized spacial score (nSPS) is 26.9. The van der Waals surface area contributed by atoms with Crippen molar-refractivity contribution >= 4 is 5.91 Å². The molecule has 6 heteroatoms. The van der Waals surface area contributed by atoms with Gasteiger partial charge in [-0.15, -0.1) is 0 Å². The van der Waals surface area contributed by atoms with E-state index in [1.54, 1.807) is 6.20 Å². The van der Waals surface area contributed by atoms with E-state index in [1.165, 1.54) is 0 Å². The molecule has 2 fully saturated rings. The van der Waals surface area contributed by atoms with Gasteiger partial charge < -0.3 is 4.90 Å². The molecule has 1 saturated carbocycles. The van der Waals surface area contributed by atoms with Crippen LogP contribution in [0.3, 0.4) is 0 Å². The smallest absolute Gasteiger partial charge is 0.248 e. The number of nitrogens with zero attached hydrogens (tertiary/aromatic N) is 2. The third-order valence-electron chi connectivity index (χ3n) is 4.53. The summed E-state index contributed by atoms with van der Waals surface area (Å²) in [5, 5.41) is 6.87. The quantitative estimate of drug-likeness (QED) is 0.906. The van der Waals surface area contributed by atoms with E-state index in [1.807, 2.05) is 11.0 Å². The fourth-order valence-electron chi connectivity index (χ4n) is 3.25. The Bertz CT molecular complexity index is 465. The van der Waals surface area contributed by atoms with E-state index >= 15 is 0 Å². The van der Waals surface area contributed by atoms with Gasteiger partial charge in [-0.05, 0) is 25.3 Å². The van der Waals surface area contributed by atoms with Crippen molar-refractivity contribution in [1.29, 1.82) is 0 Å². The third kappa shape index (κ3) is 2.69. The number of aromatic nitrogens is 2. The van der Waals surface area contributed by atoms with Crippen molar-refractivity contribution < 1.29 is 13.6 Å². The first kappa shape index (κ1) is 13.5. The van der Waals surface area contributed by atoms with Gasteiger partial charge in [0.05, 0.1) is 0 Å². The van der Waals surface area contributed by atoms with E-state index in [9.17, 15) is 13.6 Å². The van der Waals surface area contributed by atoms with Crippen molar-refractivity contribution in [3.63, 3.8) is 0 Å². The minimum absolute atomic E-state index is 0.0579. The first-order valence-electron chi connectivity index (χ1n) is 7.21. The number of carbonyl (C=O) groups excluding carboxylic acids is 1. The van der Waals surface area contributed by atoms with Gasteiger partial charge in [-0.25, -0.2) is 8.78 Å². The number of rotatable bonds is 2. The van der Waals surface area contributed by atoms with E-state index in [4.69, 9.17) is 0 Å². The lowest BCUT2D eigenvalue weighted by Gasteiger charge is -2.30. The molecule has 0 spiro atoms. The van der Waals surface area contributed by atoms with Gasteiger partial charge in [-0.3, -0.25) is 9.89 Å². The van der Waals surface area contributed by atoms with Gasteiger partial charge in [0.1, 0.15) is 0 Å². The molecule has 1 aliphatic carbocycles. The average molecular weight is 283 g/mol. The van der Waals surface area contributed by atoms with Crippen molar-refractivity contribution in [3.05, 3.63) is 18.0 Å². The number of H-pyrrole nitrogens is 1. The SMILES string of the molecule is O=C(C1CCC(F)(F)CC1)N1CC[C@@H](c2ccn[nH]2)C1. The van der Waals surface area contributed by atoms with Crippen molar-refractivity contribution in [2.75, 3.05) is 13.1 Å². The zero-order valence-electron chi connectivity index (χ0n) is 11.3. The second kappa shape index (κ2) is 5.14. The minimum Gasteiger partial charge on any atom is -0.342 e. The summed E-state index contributed by atoms with van der Waals surface area (Å²) in [6.07, 6.45) is 2.95. The Hall–Kier alpha value is -1.46.